The number of fused-ring (bicyclic) bond motifs is 1. The van der Waals surface area contributed by atoms with Gasteiger partial charge in [-0.05, 0) is 35.7 Å². The molecule has 0 aliphatic heterocycles. The molecule has 0 saturated heterocycles. The maximum Gasteiger partial charge on any atom is 0.190 e. The number of nitrogens with zero attached hydrogens (tertiary/aromatic N) is 1. The monoisotopic (exact) mass is 505 g/mol. The summed E-state index contributed by atoms with van der Waals surface area (Å²) in [6.45, 7) is 1.90. The molecule has 0 fully saturated rings. The molecular formula is C19H28IN3O3S. The van der Waals surface area contributed by atoms with Crippen molar-refractivity contribution in [2.75, 3.05) is 38.8 Å². The molecule has 0 heterocycles. The second kappa shape index (κ2) is 12.0. The van der Waals surface area contributed by atoms with E-state index in [9.17, 15) is 8.42 Å². The Labute approximate surface area is 178 Å². The van der Waals surface area contributed by atoms with Gasteiger partial charge in [0.2, 0.25) is 0 Å². The highest BCUT2D eigenvalue weighted by atomic mass is 127. The topological polar surface area (TPSA) is 79.8 Å². The van der Waals surface area contributed by atoms with Gasteiger partial charge in [0.25, 0.3) is 0 Å². The van der Waals surface area contributed by atoms with Gasteiger partial charge in [0.15, 0.2) is 5.96 Å². The van der Waals surface area contributed by atoms with Crippen molar-refractivity contribution in [2.24, 2.45) is 4.99 Å². The van der Waals surface area contributed by atoms with Crippen LogP contribution in [0.3, 0.4) is 0 Å². The van der Waals surface area contributed by atoms with Crippen LogP contribution in [-0.2, 0) is 9.84 Å². The number of halogens is 1. The van der Waals surface area contributed by atoms with Gasteiger partial charge in [-0.3, -0.25) is 4.99 Å². The predicted molar refractivity (Wildman–Crippen MR) is 123 cm³/mol. The van der Waals surface area contributed by atoms with Crippen LogP contribution in [0, 0.1) is 0 Å². The van der Waals surface area contributed by atoms with E-state index in [1.807, 2.05) is 24.3 Å². The van der Waals surface area contributed by atoms with E-state index in [0.717, 1.165) is 18.7 Å². The third kappa shape index (κ3) is 9.28. The Balaban J connectivity index is 0.00000364. The molecule has 0 unspecified atom stereocenters. The summed E-state index contributed by atoms with van der Waals surface area (Å²) < 4.78 is 28.0. The highest BCUT2D eigenvalue weighted by Gasteiger charge is 2.02. The lowest BCUT2D eigenvalue weighted by Crippen LogP contribution is -2.38. The standard InChI is InChI=1S/C19H27N3O3S.HI/c1-20-19(22-12-6-14-26(2,23)24)21-11-5-13-25-18-10-9-16-7-3-4-8-17(16)15-18;/h3-4,7-10,15H,5-6,11-14H2,1-2H3,(H2,20,21,22);1H. The summed E-state index contributed by atoms with van der Waals surface area (Å²) in [6.07, 6.45) is 2.64. The van der Waals surface area contributed by atoms with E-state index in [1.165, 1.54) is 17.0 Å². The van der Waals surface area contributed by atoms with Gasteiger partial charge in [-0.25, -0.2) is 8.42 Å². The van der Waals surface area contributed by atoms with Gasteiger partial charge in [0, 0.05) is 26.4 Å². The van der Waals surface area contributed by atoms with E-state index in [2.05, 4.69) is 33.8 Å². The van der Waals surface area contributed by atoms with Gasteiger partial charge in [0.1, 0.15) is 15.6 Å². The molecule has 0 atom stereocenters. The van der Waals surface area contributed by atoms with Crippen molar-refractivity contribution in [3.05, 3.63) is 42.5 Å². The van der Waals surface area contributed by atoms with E-state index < -0.39 is 9.84 Å². The van der Waals surface area contributed by atoms with E-state index in [4.69, 9.17) is 4.74 Å². The molecule has 2 rings (SSSR count). The fourth-order valence-electron chi connectivity index (χ4n) is 2.49. The van der Waals surface area contributed by atoms with Crippen LogP contribution in [0.25, 0.3) is 10.8 Å². The molecule has 0 spiro atoms. The van der Waals surface area contributed by atoms with E-state index >= 15 is 0 Å². The molecule has 0 aliphatic carbocycles. The van der Waals surface area contributed by atoms with Crippen LogP contribution in [0.5, 0.6) is 5.75 Å². The first-order valence-corrected chi connectivity index (χ1v) is 10.8. The molecule has 8 heteroatoms. The number of ether oxygens (including phenoxy) is 1. The Hall–Kier alpha value is -1.55. The average molecular weight is 505 g/mol. The number of hydrogen-bond donors (Lipinski definition) is 2. The fraction of sp³-hybridized carbons (Fsp3) is 0.421. The molecule has 0 aliphatic rings. The summed E-state index contributed by atoms with van der Waals surface area (Å²) in [6, 6.07) is 14.3. The second-order valence-corrected chi connectivity index (χ2v) is 8.38. The zero-order valence-electron chi connectivity index (χ0n) is 15.8. The van der Waals surface area contributed by atoms with Gasteiger partial charge in [-0.15, -0.1) is 24.0 Å². The van der Waals surface area contributed by atoms with Crippen molar-refractivity contribution in [2.45, 2.75) is 12.8 Å². The van der Waals surface area contributed by atoms with Gasteiger partial charge in [0.05, 0.1) is 12.4 Å². The van der Waals surface area contributed by atoms with Crippen LogP contribution >= 0.6 is 24.0 Å². The number of nitrogens with one attached hydrogen (secondary N) is 2. The van der Waals surface area contributed by atoms with Crippen molar-refractivity contribution in [1.29, 1.82) is 0 Å². The molecule has 0 aromatic heterocycles. The third-order valence-electron chi connectivity index (χ3n) is 3.81. The smallest absolute Gasteiger partial charge is 0.190 e. The van der Waals surface area contributed by atoms with Crippen molar-refractivity contribution in [3.63, 3.8) is 0 Å². The molecule has 0 radical (unpaired) electrons. The van der Waals surface area contributed by atoms with Crippen LogP contribution in [0.2, 0.25) is 0 Å². The summed E-state index contributed by atoms with van der Waals surface area (Å²) in [4.78, 5) is 4.12. The number of hydrogen-bond acceptors (Lipinski definition) is 4. The Morgan fingerprint density at radius 3 is 2.37 bits per heavy atom. The van der Waals surface area contributed by atoms with Crippen molar-refractivity contribution < 1.29 is 13.2 Å². The molecule has 2 N–H and O–H groups in total. The molecule has 0 saturated carbocycles. The molecular weight excluding hydrogens is 477 g/mol. The first kappa shape index (κ1) is 23.5. The molecule has 27 heavy (non-hydrogen) atoms. The number of aliphatic imine (C=N–C) groups is 1. The van der Waals surface area contributed by atoms with E-state index in [0.29, 0.717) is 25.5 Å². The summed E-state index contributed by atoms with van der Waals surface area (Å²) in [5, 5.41) is 8.67. The summed E-state index contributed by atoms with van der Waals surface area (Å²) in [7, 11) is -1.22. The molecule has 0 amide bonds. The van der Waals surface area contributed by atoms with E-state index in [-0.39, 0.29) is 29.7 Å². The largest absolute Gasteiger partial charge is 0.494 e. The highest BCUT2D eigenvalue weighted by Crippen LogP contribution is 2.20. The minimum atomic E-state index is -2.91. The lowest BCUT2D eigenvalue weighted by molar-refractivity contribution is 0.311. The minimum absolute atomic E-state index is 0. The van der Waals surface area contributed by atoms with Crippen molar-refractivity contribution in [3.8, 4) is 5.75 Å². The number of sulfone groups is 1. The normalized spacial score (nSPS) is 11.7. The van der Waals surface area contributed by atoms with Gasteiger partial charge in [-0.2, -0.15) is 0 Å². The maximum atomic E-state index is 11.1. The zero-order valence-corrected chi connectivity index (χ0v) is 18.9. The van der Waals surface area contributed by atoms with Crippen molar-refractivity contribution in [1.82, 2.24) is 10.6 Å². The molecule has 150 valence electrons. The van der Waals surface area contributed by atoms with E-state index in [1.54, 1.807) is 7.05 Å². The number of rotatable bonds is 9. The third-order valence-corrected chi connectivity index (χ3v) is 4.84. The van der Waals surface area contributed by atoms with Crippen LogP contribution < -0.4 is 15.4 Å². The van der Waals surface area contributed by atoms with Crippen LogP contribution in [0.4, 0.5) is 0 Å². The van der Waals surface area contributed by atoms with Gasteiger partial charge in [-0.1, -0.05) is 30.3 Å². The Kier molecular flexibility index (Phi) is 10.5. The summed E-state index contributed by atoms with van der Waals surface area (Å²) >= 11 is 0. The summed E-state index contributed by atoms with van der Waals surface area (Å²) in [5.74, 6) is 1.72. The second-order valence-electron chi connectivity index (χ2n) is 6.12. The fourth-order valence-corrected chi connectivity index (χ4v) is 3.16. The van der Waals surface area contributed by atoms with Crippen LogP contribution in [-0.4, -0.2) is 53.1 Å². The predicted octanol–water partition coefficient (Wildman–Crippen LogP) is 2.83. The summed E-state index contributed by atoms with van der Waals surface area (Å²) in [5.41, 5.74) is 0. The zero-order chi connectivity index (χ0) is 18.8. The SMILES string of the molecule is CN=C(NCCCOc1ccc2ccccc2c1)NCCCS(C)(=O)=O.I. The first-order chi connectivity index (χ1) is 12.5. The van der Waals surface area contributed by atoms with Crippen LogP contribution in [0.1, 0.15) is 12.8 Å². The Morgan fingerprint density at radius 2 is 1.70 bits per heavy atom. The molecule has 6 nitrogen and oxygen atoms in total. The Bertz CT molecular complexity index is 841. The highest BCUT2D eigenvalue weighted by molar-refractivity contribution is 14.0. The lowest BCUT2D eigenvalue weighted by Gasteiger charge is -2.12. The van der Waals surface area contributed by atoms with Gasteiger partial charge < -0.3 is 15.4 Å². The quantitative estimate of drug-likeness (QED) is 0.237. The molecule has 2 aromatic rings. The van der Waals surface area contributed by atoms with Gasteiger partial charge >= 0.3 is 0 Å². The Morgan fingerprint density at radius 1 is 1.04 bits per heavy atom. The number of guanidine groups is 1. The first-order valence-electron chi connectivity index (χ1n) is 8.72. The molecule has 0 bridgehead atoms. The number of benzene rings is 2. The molecule has 2 aromatic carbocycles. The minimum Gasteiger partial charge on any atom is -0.494 e. The van der Waals surface area contributed by atoms with Crippen molar-refractivity contribution >= 4 is 50.5 Å². The average Bonchev–Trinajstić information content (AvgIpc) is 2.62. The lowest BCUT2D eigenvalue weighted by atomic mass is 10.1. The van der Waals surface area contributed by atoms with Crippen LogP contribution in [0.15, 0.2) is 47.5 Å². The maximum absolute atomic E-state index is 11.1.